The molecule has 1 unspecified atom stereocenters. The zero-order valence-corrected chi connectivity index (χ0v) is 11.9. The van der Waals surface area contributed by atoms with Crippen molar-refractivity contribution in [2.75, 3.05) is 5.33 Å². The van der Waals surface area contributed by atoms with Crippen molar-refractivity contribution in [3.8, 4) is 0 Å². The predicted octanol–water partition coefficient (Wildman–Crippen LogP) is 2.59. The lowest BCUT2D eigenvalue weighted by Crippen LogP contribution is -2.46. The lowest BCUT2D eigenvalue weighted by Gasteiger charge is -2.26. The van der Waals surface area contributed by atoms with Crippen LogP contribution in [0, 0.1) is 0 Å². The van der Waals surface area contributed by atoms with Gasteiger partial charge in [0.05, 0.1) is 0 Å². The third-order valence-corrected chi connectivity index (χ3v) is 6.49. The summed E-state index contributed by atoms with van der Waals surface area (Å²) in [7, 11) is -3.36. The highest BCUT2D eigenvalue weighted by Gasteiger charge is 2.28. The molecule has 0 bridgehead atoms. The van der Waals surface area contributed by atoms with Crippen molar-refractivity contribution in [2.24, 2.45) is 0 Å². The first-order valence-electron chi connectivity index (χ1n) is 4.57. The summed E-state index contributed by atoms with van der Waals surface area (Å²) in [6.07, 6.45) is 0.739. The van der Waals surface area contributed by atoms with Crippen molar-refractivity contribution in [1.29, 1.82) is 0 Å². The molecule has 6 heteroatoms. The Hall–Kier alpha value is 0.0900. The van der Waals surface area contributed by atoms with Crippen LogP contribution in [0.5, 0.6) is 0 Å². The van der Waals surface area contributed by atoms with Crippen LogP contribution in [0.2, 0.25) is 0 Å². The van der Waals surface area contributed by atoms with E-state index in [4.69, 9.17) is 0 Å². The lowest BCUT2D eigenvalue weighted by atomic mass is 10.0. The number of thiophene rings is 1. The van der Waals surface area contributed by atoms with Gasteiger partial charge in [-0.3, -0.25) is 0 Å². The first kappa shape index (κ1) is 13.2. The molecule has 0 saturated carbocycles. The first-order chi connectivity index (χ1) is 6.93. The molecular weight excluding hydrogens is 298 g/mol. The molecule has 0 spiro atoms. The van der Waals surface area contributed by atoms with Crippen molar-refractivity contribution in [3.05, 3.63) is 17.5 Å². The summed E-state index contributed by atoms with van der Waals surface area (Å²) in [5, 5.41) is 2.35. The van der Waals surface area contributed by atoms with Crippen LogP contribution in [0.1, 0.15) is 20.3 Å². The maximum Gasteiger partial charge on any atom is 0.250 e. The Morgan fingerprint density at radius 3 is 2.67 bits per heavy atom. The Labute approximate surface area is 103 Å². The Morgan fingerprint density at radius 1 is 1.60 bits per heavy atom. The Morgan fingerprint density at radius 2 is 2.27 bits per heavy atom. The molecule has 86 valence electrons. The van der Waals surface area contributed by atoms with Gasteiger partial charge >= 0.3 is 0 Å². The number of hydrogen-bond donors (Lipinski definition) is 1. The molecule has 0 aliphatic rings. The molecule has 15 heavy (non-hydrogen) atoms. The molecule has 3 nitrogen and oxygen atoms in total. The summed E-state index contributed by atoms with van der Waals surface area (Å²) >= 11 is 4.55. The molecule has 1 aromatic rings. The largest absolute Gasteiger partial charge is 0.250 e. The zero-order valence-electron chi connectivity index (χ0n) is 8.66. The summed E-state index contributed by atoms with van der Waals surface area (Å²) in [5.74, 6) is 0. The molecule has 1 atom stereocenters. The fourth-order valence-corrected chi connectivity index (χ4v) is 4.18. The Balaban J connectivity index is 2.91. The highest BCUT2D eigenvalue weighted by molar-refractivity contribution is 9.09. The van der Waals surface area contributed by atoms with E-state index in [1.54, 1.807) is 17.5 Å². The van der Waals surface area contributed by atoms with Crippen LogP contribution in [-0.2, 0) is 10.0 Å². The SMILES string of the molecule is CCC(C)(CBr)NS(=O)(=O)c1cccs1. The van der Waals surface area contributed by atoms with E-state index in [1.807, 2.05) is 13.8 Å². The molecule has 1 N–H and O–H groups in total. The summed E-state index contributed by atoms with van der Waals surface area (Å²) in [6, 6.07) is 3.34. The number of sulfonamides is 1. The minimum absolute atomic E-state index is 0.364. The summed E-state index contributed by atoms with van der Waals surface area (Å²) in [6.45, 7) is 3.84. The van der Waals surface area contributed by atoms with Gasteiger partial charge in [-0.05, 0) is 24.8 Å². The van der Waals surface area contributed by atoms with Gasteiger partial charge < -0.3 is 0 Å². The highest BCUT2D eigenvalue weighted by Crippen LogP contribution is 2.20. The van der Waals surface area contributed by atoms with E-state index in [0.717, 1.165) is 6.42 Å². The van der Waals surface area contributed by atoms with E-state index in [2.05, 4.69) is 20.7 Å². The van der Waals surface area contributed by atoms with Gasteiger partial charge in [0.15, 0.2) is 0 Å². The second-order valence-electron chi connectivity index (χ2n) is 3.59. The van der Waals surface area contributed by atoms with Crippen LogP contribution < -0.4 is 4.72 Å². The van der Waals surface area contributed by atoms with Crippen LogP contribution in [-0.4, -0.2) is 19.3 Å². The molecule has 0 saturated heterocycles. The van der Waals surface area contributed by atoms with E-state index in [1.165, 1.54) is 11.3 Å². The molecule has 1 aromatic heterocycles. The molecule has 0 amide bonds. The van der Waals surface area contributed by atoms with E-state index >= 15 is 0 Å². The van der Waals surface area contributed by atoms with Gasteiger partial charge in [0.2, 0.25) is 0 Å². The molecular formula is C9H14BrNO2S2. The van der Waals surface area contributed by atoms with Gasteiger partial charge in [0.1, 0.15) is 4.21 Å². The number of hydrogen-bond acceptors (Lipinski definition) is 3. The second-order valence-corrected chi connectivity index (χ2v) is 7.00. The third kappa shape index (κ3) is 3.27. The van der Waals surface area contributed by atoms with Gasteiger partial charge in [-0.1, -0.05) is 28.9 Å². The number of rotatable bonds is 5. The van der Waals surface area contributed by atoms with Crippen LogP contribution in [0.3, 0.4) is 0 Å². The van der Waals surface area contributed by atoms with Crippen LogP contribution in [0.4, 0.5) is 0 Å². The summed E-state index contributed by atoms with van der Waals surface area (Å²) < 4.78 is 26.9. The quantitative estimate of drug-likeness (QED) is 0.850. The monoisotopic (exact) mass is 311 g/mol. The van der Waals surface area contributed by atoms with Gasteiger partial charge in [0, 0.05) is 10.9 Å². The van der Waals surface area contributed by atoms with E-state index in [-0.39, 0.29) is 0 Å². The smallest absolute Gasteiger partial charge is 0.206 e. The van der Waals surface area contributed by atoms with E-state index in [0.29, 0.717) is 9.54 Å². The average Bonchev–Trinajstić information content (AvgIpc) is 2.70. The van der Waals surface area contributed by atoms with Crippen molar-refractivity contribution in [3.63, 3.8) is 0 Å². The molecule has 0 fully saturated rings. The van der Waals surface area contributed by atoms with E-state index < -0.39 is 15.6 Å². The third-order valence-electron chi connectivity index (χ3n) is 2.22. The second kappa shape index (κ2) is 4.95. The molecule has 1 heterocycles. The van der Waals surface area contributed by atoms with Gasteiger partial charge in [0.25, 0.3) is 10.0 Å². The van der Waals surface area contributed by atoms with Gasteiger partial charge in [-0.25, -0.2) is 13.1 Å². The number of nitrogens with one attached hydrogen (secondary N) is 1. The van der Waals surface area contributed by atoms with Crippen molar-refractivity contribution in [2.45, 2.75) is 30.0 Å². The van der Waals surface area contributed by atoms with Crippen LogP contribution >= 0.6 is 27.3 Å². The fraction of sp³-hybridized carbons (Fsp3) is 0.556. The molecule has 0 aliphatic carbocycles. The topological polar surface area (TPSA) is 46.2 Å². The molecule has 0 aromatic carbocycles. The zero-order chi connectivity index (χ0) is 11.5. The number of alkyl halides is 1. The van der Waals surface area contributed by atoms with Gasteiger partial charge in [-0.15, -0.1) is 11.3 Å². The fourth-order valence-electron chi connectivity index (χ4n) is 0.985. The molecule has 1 rings (SSSR count). The van der Waals surface area contributed by atoms with Crippen LogP contribution in [0.15, 0.2) is 21.7 Å². The maximum absolute atomic E-state index is 11.9. The lowest BCUT2D eigenvalue weighted by molar-refractivity contribution is 0.450. The average molecular weight is 312 g/mol. The summed E-state index contributed by atoms with van der Waals surface area (Å²) in [4.78, 5) is 0. The van der Waals surface area contributed by atoms with Crippen molar-refractivity contribution < 1.29 is 8.42 Å². The Bertz CT molecular complexity index is 396. The van der Waals surface area contributed by atoms with Crippen molar-refractivity contribution >= 4 is 37.3 Å². The Kier molecular flexibility index (Phi) is 4.34. The van der Waals surface area contributed by atoms with E-state index in [9.17, 15) is 8.42 Å². The maximum atomic E-state index is 11.9. The predicted molar refractivity (Wildman–Crippen MR) is 67.1 cm³/mol. The van der Waals surface area contributed by atoms with Crippen molar-refractivity contribution in [1.82, 2.24) is 4.72 Å². The van der Waals surface area contributed by atoms with Gasteiger partial charge in [-0.2, -0.15) is 0 Å². The standard InChI is InChI=1S/C9H14BrNO2S2/c1-3-9(2,7-10)11-15(12,13)8-5-4-6-14-8/h4-6,11H,3,7H2,1-2H3. The minimum atomic E-state index is -3.36. The first-order valence-corrected chi connectivity index (χ1v) is 8.05. The molecule has 0 aliphatic heterocycles. The highest BCUT2D eigenvalue weighted by atomic mass is 79.9. The summed E-state index contributed by atoms with van der Waals surface area (Å²) in [5.41, 5.74) is -0.428. The van der Waals surface area contributed by atoms with Crippen LogP contribution in [0.25, 0.3) is 0 Å². The molecule has 0 radical (unpaired) electrons. The minimum Gasteiger partial charge on any atom is -0.206 e. The number of halogens is 1. The normalized spacial score (nSPS) is 16.2.